The maximum atomic E-state index is 12.4. The predicted octanol–water partition coefficient (Wildman–Crippen LogP) is 5.38. The van der Waals surface area contributed by atoms with Crippen molar-refractivity contribution in [3.05, 3.63) is 60.2 Å². The fourth-order valence-corrected chi connectivity index (χ4v) is 2.50. The van der Waals surface area contributed by atoms with E-state index in [9.17, 15) is 4.79 Å². The highest BCUT2D eigenvalue weighted by molar-refractivity contribution is 5.73. The largest absolute Gasteiger partial charge is 0.458 e. The van der Waals surface area contributed by atoms with Gasteiger partial charge in [-0.15, -0.1) is 12.3 Å². The molecule has 130 valence electrons. The van der Waals surface area contributed by atoms with Crippen LogP contribution >= 0.6 is 0 Å². The first-order valence-electron chi connectivity index (χ1n) is 8.48. The second-order valence-corrected chi connectivity index (χ2v) is 6.33. The van der Waals surface area contributed by atoms with Gasteiger partial charge in [-0.25, -0.2) is 0 Å². The van der Waals surface area contributed by atoms with E-state index < -0.39 is 0 Å². The Bertz CT molecular complexity index is 728. The monoisotopic (exact) mass is 336 g/mol. The third-order valence-corrected chi connectivity index (χ3v) is 4.04. The summed E-state index contributed by atoms with van der Waals surface area (Å²) in [4.78, 5) is 12.4. The molecule has 0 spiro atoms. The number of terminal acetylenes is 1. The van der Waals surface area contributed by atoms with Crippen molar-refractivity contribution in [2.24, 2.45) is 11.8 Å². The average molecular weight is 336 g/mol. The minimum atomic E-state index is -0.370. The fraction of sp³-hybridized carbons (Fsp3) is 0.318. The van der Waals surface area contributed by atoms with E-state index in [-0.39, 0.29) is 23.9 Å². The van der Waals surface area contributed by atoms with Gasteiger partial charge in [0, 0.05) is 6.42 Å². The second-order valence-electron chi connectivity index (χ2n) is 6.33. The van der Waals surface area contributed by atoms with E-state index in [1.807, 2.05) is 75.4 Å². The summed E-state index contributed by atoms with van der Waals surface area (Å²) in [5.41, 5.74) is 0.880. The third kappa shape index (κ3) is 5.39. The van der Waals surface area contributed by atoms with Gasteiger partial charge in [-0.3, -0.25) is 4.79 Å². The number of para-hydroxylation sites is 1. The molecule has 3 nitrogen and oxygen atoms in total. The number of hydrogen-bond acceptors (Lipinski definition) is 3. The number of hydrogen-bond donors (Lipinski definition) is 0. The summed E-state index contributed by atoms with van der Waals surface area (Å²) in [6.07, 6.45) is 5.39. The summed E-state index contributed by atoms with van der Waals surface area (Å²) in [5, 5.41) is 0. The number of carbonyl (C=O) groups excluding carboxylic acids is 1. The van der Waals surface area contributed by atoms with Crippen LogP contribution in [0.4, 0.5) is 0 Å². The van der Waals surface area contributed by atoms with E-state index in [0.29, 0.717) is 12.2 Å². The molecule has 0 heterocycles. The maximum Gasteiger partial charge on any atom is 0.310 e. The van der Waals surface area contributed by atoms with Gasteiger partial charge in [-0.05, 0) is 42.7 Å². The summed E-state index contributed by atoms with van der Waals surface area (Å²) >= 11 is 0. The summed E-state index contributed by atoms with van der Waals surface area (Å²) in [7, 11) is 0. The number of benzene rings is 2. The summed E-state index contributed by atoms with van der Waals surface area (Å²) in [6, 6.07) is 17.1. The van der Waals surface area contributed by atoms with E-state index in [2.05, 4.69) is 5.92 Å². The Kier molecular flexibility index (Phi) is 6.65. The van der Waals surface area contributed by atoms with Crippen LogP contribution < -0.4 is 4.74 Å². The minimum Gasteiger partial charge on any atom is -0.458 e. The Morgan fingerprint density at radius 1 is 1.04 bits per heavy atom. The van der Waals surface area contributed by atoms with Crippen LogP contribution in [-0.2, 0) is 9.53 Å². The minimum absolute atomic E-state index is 0.142. The molecule has 0 saturated heterocycles. The van der Waals surface area contributed by atoms with Gasteiger partial charge in [-0.2, -0.15) is 0 Å². The van der Waals surface area contributed by atoms with Crippen molar-refractivity contribution in [3.63, 3.8) is 0 Å². The lowest BCUT2D eigenvalue weighted by molar-refractivity contribution is -0.155. The Morgan fingerprint density at radius 3 is 2.36 bits per heavy atom. The summed E-state index contributed by atoms with van der Waals surface area (Å²) in [6.45, 7) is 5.80. The van der Waals surface area contributed by atoms with E-state index in [4.69, 9.17) is 15.9 Å². The van der Waals surface area contributed by atoms with Crippen LogP contribution in [0.25, 0.3) is 0 Å². The van der Waals surface area contributed by atoms with E-state index in [1.54, 1.807) is 0 Å². The van der Waals surface area contributed by atoms with Gasteiger partial charge < -0.3 is 9.47 Å². The number of rotatable bonds is 7. The van der Waals surface area contributed by atoms with Gasteiger partial charge >= 0.3 is 5.97 Å². The molecule has 2 rings (SSSR count). The Morgan fingerprint density at radius 2 is 1.72 bits per heavy atom. The van der Waals surface area contributed by atoms with Crippen LogP contribution in [0.5, 0.6) is 11.5 Å². The van der Waals surface area contributed by atoms with Gasteiger partial charge in [0.2, 0.25) is 0 Å². The molecule has 0 bridgehead atoms. The maximum absolute atomic E-state index is 12.4. The molecule has 0 aliphatic rings. The van der Waals surface area contributed by atoms with E-state index in [0.717, 1.165) is 11.3 Å². The van der Waals surface area contributed by atoms with Gasteiger partial charge in [-0.1, -0.05) is 44.2 Å². The Hall–Kier alpha value is -2.73. The molecule has 3 heteroatoms. The SMILES string of the molecule is C#CCC(C(=O)OC(C)c1cccc(Oc2ccccc2)c1)C(C)C. The van der Waals surface area contributed by atoms with Crippen molar-refractivity contribution >= 4 is 5.97 Å². The van der Waals surface area contributed by atoms with Crippen molar-refractivity contribution in [3.8, 4) is 23.8 Å². The van der Waals surface area contributed by atoms with Crippen LogP contribution in [0.1, 0.15) is 38.9 Å². The predicted molar refractivity (Wildman–Crippen MR) is 99.2 cm³/mol. The number of ether oxygens (including phenoxy) is 2. The molecule has 2 unspecified atom stereocenters. The van der Waals surface area contributed by atoms with E-state index in [1.165, 1.54) is 0 Å². The molecule has 2 aromatic rings. The van der Waals surface area contributed by atoms with Gasteiger partial charge in [0.1, 0.15) is 17.6 Å². The molecular weight excluding hydrogens is 312 g/mol. The smallest absolute Gasteiger partial charge is 0.310 e. The van der Waals surface area contributed by atoms with Crippen LogP contribution in [0, 0.1) is 24.2 Å². The summed E-state index contributed by atoms with van der Waals surface area (Å²) in [5.74, 6) is 3.63. The lowest BCUT2D eigenvalue weighted by atomic mass is 9.93. The zero-order valence-corrected chi connectivity index (χ0v) is 14.9. The first-order chi connectivity index (χ1) is 12.0. The molecule has 0 fully saturated rings. The normalized spacial score (nSPS) is 12.9. The quantitative estimate of drug-likeness (QED) is 0.503. The molecule has 2 atom stereocenters. The van der Waals surface area contributed by atoms with Crippen molar-refractivity contribution in [2.45, 2.75) is 33.3 Å². The highest BCUT2D eigenvalue weighted by Gasteiger charge is 2.25. The second kappa shape index (κ2) is 8.94. The first-order valence-corrected chi connectivity index (χ1v) is 8.48. The zero-order valence-electron chi connectivity index (χ0n) is 14.9. The Labute approximate surface area is 150 Å². The topological polar surface area (TPSA) is 35.5 Å². The zero-order chi connectivity index (χ0) is 18.2. The average Bonchev–Trinajstić information content (AvgIpc) is 2.60. The molecule has 0 saturated carbocycles. The van der Waals surface area contributed by atoms with Crippen molar-refractivity contribution in [2.75, 3.05) is 0 Å². The van der Waals surface area contributed by atoms with Gasteiger partial charge in [0.25, 0.3) is 0 Å². The molecule has 0 aliphatic carbocycles. The molecule has 2 aromatic carbocycles. The number of esters is 1. The third-order valence-electron chi connectivity index (χ3n) is 4.04. The van der Waals surface area contributed by atoms with Crippen molar-refractivity contribution in [1.82, 2.24) is 0 Å². The highest BCUT2D eigenvalue weighted by atomic mass is 16.5. The molecular formula is C22H24O3. The standard InChI is InChI=1S/C22H24O3/c1-5-10-21(16(2)3)22(23)24-17(4)18-11-9-14-20(15-18)25-19-12-7-6-8-13-19/h1,6-9,11-17,21H,10H2,2-4H3. The fourth-order valence-electron chi connectivity index (χ4n) is 2.50. The molecule has 0 aliphatic heterocycles. The molecule has 0 radical (unpaired) electrons. The molecule has 0 amide bonds. The van der Waals surface area contributed by atoms with Gasteiger partial charge in [0.15, 0.2) is 0 Å². The lowest BCUT2D eigenvalue weighted by Gasteiger charge is -2.21. The number of carbonyl (C=O) groups is 1. The molecule has 25 heavy (non-hydrogen) atoms. The first kappa shape index (κ1) is 18.6. The Balaban J connectivity index is 2.06. The molecule has 0 aromatic heterocycles. The van der Waals surface area contributed by atoms with Crippen LogP contribution in [0.2, 0.25) is 0 Å². The van der Waals surface area contributed by atoms with Gasteiger partial charge in [0.05, 0.1) is 5.92 Å². The van der Waals surface area contributed by atoms with Crippen molar-refractivity contribution in [1.29, 1.82) is 0 Å². The highest BCUT2D eigenvalue weighted by Crippen LogP contribution is 2.27. The summed E-state index contributed by atoms with van der Waals surface area (Å²) < 4.78 is 11.5. The lowest BCUT2D eigenvalue weighted by Crippen LogP contribution is -2.23. The van der Waals surface area contributed by atoms with Crippen LogP contribution in [-0.4, -0.2) is 5.97 Å². The van der Waals surface area contributed by atoms with E-state index >= 15 is 0 Å². The van der Waals surface area contributed by atoms with Crippen molar-refractivity contribution < 1.29 is 14.3 Å². The van der Waals surface area contributed by atoms with Crippen LogP contribution in [0.15, 0.2) is 54.6 Å². The molecule has 0 N–H and O–H groups in total. The van der Waals surface area contributed by atoms with Crippen LogP contribution in [0.3, 0.4) is 0 Å².